The molecule has 2 fully saturated rings. The number of primary amides is 1. The summed E-state index contributed by atoms with van der Waals surface area (Å²) in [6, 6.07) is -5.22. The molecule has 11 amide bonds. The number of unbranched alkanes of at least 4 members (excludes halogenated alkanes) is 3. The third-order valence-electron chi connectivity index (χ3n) is 17.0. The molecule has 1 aliphatic heterocycles. The van der Waals surface area contributed by atoms with Gasteiger partial charge in [-0.05, 0) is 95.1 Å². The Bertz CT molecular complexity index is 2660. The number of carbonyl (C=O) groups excluding carboxylic acids is 12. The number of benzene rings is 1. The van der Waals surface area contributed by atoms with Crippen LogP contribution in [0.25, 0.3) is 0 Å². The molecule has 3 rings (SSSR count). The summed E-state index contributed by atoms with van der Waals surface area (Å²) in [5.74, 6) is -14.5. The molecule has 510 valence electrons. The van der Waals surface area contributed by atoms with E-state index in [0.29, 0.717) is 32.1 Å². The lowest BCUT2D eigenvalue weighted by Gasteiger charge is -2.31. The Balaban J connectivity index is 1.85. The number of hydrogen-bond acceptors (Lipinski definition) is 16. The fourth-order valence-electron chi connectivity index (χ4n) is 10.3. The van der Waals surface area contributed by atoms with E-state index in [2.05, 4.69) is 65.1 Å². The summed E-state index contributed by atoms with van der Waals surface area (Å²) >= 11 is 0. The van der Waals surface area contributed by atoms with E-state index in [9.17, 15) is 76.5 Å². The quantitative estimate of drug-likeness (QED) is 0.0229. The number of halogens is 2. The van der Waals surface area contributed by atoms with Gasteiger partial charge in [0.15, 0.2) is 0 Å². The first-order valence-electron chi connectivity index (χ1n) is 31.4. The van der Waals surface area contributed by atoms with Gasteiger partial charge >= 0.3 is 5.97 Å². The summed E-state index contributed by atoms with van der Waals surface area (Å²) in [6.07, 6.45) is 0.0969. The Hall–Kier alpha value is -7.66. The van der Waals surface area contributed by atoms with Crippen molar-refractivity contribution in [3.8, 4) is 0 Å². The normalized spacial score (nSPS) is 22.6. The number of esters is 1. The Kier molecular flexibility index (Phi) is 32.6. The Morgan fingerprint density at radius 3 is 1.77 bits per heavy atom. The molecule has 16 atom stereocenters. The molecule has 27 nitrogen and oxygen atoms in total. The number of nitrogens with one attached hydrogen (secondary N) is 11. The largest absolute Gasteiger partial charge is 0.458 e. The van der Waals surface area contributed by atoms with E-state index >= 15 is 0 Å². The van der Waals surface area contributed by atoms with Crippen LogP contribution < -0.4 is 64.2 Å². The maximum Gasteiger partial charge on any atom is 0.329 e. The zero-order valence-corrected chi connectivity index (χ0v) is 53.8. The van der Waals surface area contributed by atoms with E-state index in [1.54, 1.807) is 54.7 Å². The number of cyclic esters (lactones) is 1. The number of hydrogen-bond donors (Lipinski definition) is 14. The number of allylic oxidation sites excluding steroid dienone is 1. The number of alkyl halides is 2. The van der Waals surface area contributed by atoms with Gasteiger partial charge in [-0.1, -0.05) is 110 Å². The molecule has 1 aromatic carbocycles. The highest BCUT2D eigenvalue weighted by atomic mass is 19.3. The molecule has 91 heavy (non-hydrogen) atoms. The molecule has 1 spiro atoms. The van der Waals surface area contributed by atoms with Crippen molar-refractivity contribution in [3.05, 3.63) is 48.6 Å². The third-order valence-corrected chi connectivity index (χ3v) is 17.0. The van der Waals surface area contributed by atoms with E-state index in [1.807, 2.05) is 30.3 Å². The highest BCUT2D eigenvalue weighted by molar-refractivity contribution is 6.01. The Labute approximate surface area is 531 Å². The molecular formula is C62H98F2N12O15. The summed E-state index contributed by atoms with van der Waals surface area (Å²) < 4.78 is 32.8. The molecule has 15 N–H and O–H groups in total. The highest BCUT2D eigenvalue weighted by Gasteiger charge is 2.62. The predicted molar refractivity (Wildman–Crippen MR) is 330 cm³/mol. The minimum absolute atomic E-state index is 0.162. The molecule has 0 aromatic heterocycles. The number of nitrogens with two attached hydrogens (primary N) is 1. The zero-order chi connectivity index (χ0) is 68.3. The molecule has 0 bridgehead atoms. The number of carbonyl (C=O) groups is 12. The topological polar surface area (TPSA) is 413 Å². The van der Waals surface area contributed by atoms with Crippen LogP contribution in [0.5, 0.6) is 0 Å². The van der Waals surface area contributed by atoms with E-state index in [4.69, 9.17) is 10.5 Å². The maximum atomic E-state index is 14.4. The molecule has 2 unspecified atom stereocenters. The second kappa shape index (κ2) is 38.3. The predicted octanol–water partition coefficient (Wildman–Crippen LogP) is -0.409. The molecule has 1 heterocycles. The average molecular weight is 1290 g/mol. The lowest BCUT2D eigenvalue weighted by Crippen LogP contribution is -2.63. The van der Waals surface area contributed by atoms with Crippen LogP contribution in [0.15, 0.2) is 43.0 Å². The van der Waals surface area contributed by atoms with Gasteiger partial charge in [-0.3, -0.25) is 52.7 Å². The van der Waals surface area contributed by atoms with Gasteiger partial charge in [-0.2, -0.15) is 0 Å². The zero-order valence-electron chi connectivity index (χ0n) is 53.8. The first-order valence-corrected chi connectivity index (χ1v) is 31.4. The van der Waals surface area contributed by atoms with Gasteiger partial charge in [0.25, 0.3) is 0 Å². The SMILES string of the molecule is C=CCCCCC[C@H](NC(=O)[C@@H](CCc1ccccc1)NC)C(=O)N[C@@H](CO)C(=O)N[C@H](CCC(N)=O)C(=O)N[C@@H](C(=O)N[C@H](C(=O)N[C@@H](CO)C(=O)N[C@H]1C(=O)N[C@@H](C)C(=O)NC2(CC2CC(F)F)C(=O)N[C@@H]([C@@H](C)CC)C(=O)O[C@H]1C)[C@@H](C)CC)[C@@H](C)CC. The van der Waals surface area contributed by atoms with Gasteiger partial charge in [-0.25, -0.2) is 13.6 Å². The van der Waals surface area contributed by atoms with E-state index in [-0.39, 0.29) is 25.7 Å². The van der Waals surface area contributed by atoms with E-state index in [0.717, 1.165) is 18.4 Å². The van der Waals surface area contributed by atoms with Crippen LogP contribution in [-0.4, -0.2) is 180 Å². The van der Waals surface area contributed by atoms with Crippen LogP contribution in [0.1, 0.15) is 144 Å². The van der Waals surface area contributed by atoms with Gasteiger partial charge in [0.05, 0.1) is 19.3 Å². The summed E-state index contributed by atoms with van der Waals surface area (Å²) in [7, 11) is 1.61. The second-order valence-corrected chi connectivity index (χ2v) is 23.8. The van der Waals surface area contributed by atoms with Gasteiger partial charge in [0, 0.05) is 12.8 Å². The van der Waals surface area contributed by atoms with Crippen molar-refractivity contribution in [2.75, 3.05) is 20.3 Å². The van der Waals surface area contributed by atoms with Gasteiger partial charge in [-0.15, -0.1) is 6.58 Å². The third kappa shape index (κ3) is 23.8. The van der Waals surface area contributed by atoms with Crippen molar-refractivity contribution in [2.24, 2.45) is 29.4 Å². The Morgan fingerprint density at radius 2 is 1.22 bits per heavy atom. The number of aliphatic hydroxyl groups excluding tert-OH is 2. The Morgan fingerprint density at radius 1 is 0.692 bits per heavy atom. The number of aryl methyl sites for hydroxylation is 1. The van der Waals surface area contributed by atoms with Crippen LogP contribution in [0.3, 0.4) is 0 Å². The van der Waals surface area contributed by atoms with Crippen molar-refractivity contribution in [1.29, 1.82) is 0 Å². The summed E-state index contributed by atoms with van der Waals surface area (Å²) in [5.41, 5.74) is 4.63. The first kappa shape index (κ1) is 77.6. The molecule has 1 aliphatic carbocycles. The molecule has 1 saturated carbocycles. The van der Waals surface area contributed by atoms with Crippen LogP contribution >= 0.6 is 0 Å². The number of amides is 11. The molecule has 29 heteroatoms. The summed E-state index contributed by atoms with van der Waals surface area (Å²) in [5, 5.41) is 49.0. The van der Waals surface area contributed by atoms with Crippen molar-refractivity contribution in [2.45, 2.75) is 224 Å². The number of aliphatic hydroxyl groups is 2. The number of ether oxygens (including phenoxy) is 1. The average Bonchev–Trinajstić information content (AvgIpc) is 1.59. The van der Waals surface area contributed by atoms with E-state index in [1.165, 1.54) is 13.8 Å². The lowest BCUT2D eigenvalue weighted by atomic mass is 9.94. The van der Waals surface area contributed by atoms with Gasteiger partial charge in [0.1, 0.15) is 66.0 Å². The smallest absolute Gasteiger partial charge is 0.329 e. The van der Waals surface area contributed by atoms with Crippen molar-refractivity contribution in [1.82, 2.24) is 58.5 Å². The maximum absolute atomic E-state index is 14.4. The van der Waals surface area contributed by atoms with Gasteiger partial charge in [0.2, 0.25) is 71.4 Å². The lowest BCUT2D eigenvalue weighted by molar-refractivity contribution is -0.157. The van der Waals surface area contributed by atoms with Crippen LogP contribution in [-0.2, 0) is 68.7 Å². The van der Waals surface area contributed by atoms with Crippen molar-refractivity contribution >= 4 is 70.9 Å². The monoisotopic (exact) mass is 1290 g/mol. The molecular weight excluding hydrogens is 1190 g/mol. The summed E-state index contributed by atoms with van der Waals surface area (Å²) in [6.45, 7) is 14.0. The minimum atomic E-state index is -2.83. The number of rotatable bonds is 37. The minimum Gasteiger partial charge on any atom is -0.458 e. The van der Waals surface area contributed by atoms with Crippen LogP contribution in [0.2, 0.25) is 0 Å². The van der Waals surface area contributed by atoms with E-state index < -0.39 is 206 Å². The number of likely N-dealkylation sites (N-methyl/N-ethyl adjacent to an activating group) is 1. The second-order valence-electron chi connectivity index (χ2n) is 23.8. The van der Waals surface area contributed by atoms with Crippen LogP contribution in [0, 0.1) is 23.7 Å². The fraction of sp³-hybridized carbons (Fsp3) is 0.677. The van der Waals surface area contributed by atoms with Gasteiger partial charge < -0.3 is 79.2 Å². The van der Waals surface area contributed by atoms with Crippen molar-refractivity contribution in [3.63, 3.8) is 0 Å². The standard InChI is InChI=1S/C62H98F2N12O15/c1-11-15-16-17-21-24-41(68-52(81)40(66-10)26-25-38-22-19-18-20-23-38)53(82)70-43(31-77)55(84)69-42(27-28-46(65)79)54(83)72-48(34(6)13-3)58(87)73-47(33(5)12-2)57(86)71-44(32-78)56(85)74-50-37(9)91-60(89)49(35(7)14-4)75-61(90)62(30-39(62)29-45(63)64)76-51(80)36(8)67-59(50)88/h11,18-20,22-23,33-37,39-45,47-50,66,77-78H,1,12-17,21,24-32H2,2-10H3,(H2,65,79)(H,67,88)(H,68,81)(H,69,84)(H,70,82)(H,71,86)(H,72,83)(H,73,87)(H,74,85)(H,75,90)(H,76,80)/t33-,34-,35-,36-,37-,39?,40+,41-,42+,43-,44-,47-,48+,49-,50+,62?/m0/s1. The highest BCUT2D eigenvalue weighted by Crippen LogP contribution is 2.48. The van der Waals surface area contributed by atoms with Crippen LogP contribution in [0.4, 0.5) is 8.78 Å². The first-order chi connectivity index (χ1) is 43.1. The summed E-state index contributed by atoms with van der Waals surface area (Å²) in [4.78, 5) is 166. The molecule has 1 saturated heterocycles. The van der Waals surface area contributed by atoms with Crippen molar-refractivity contribution < 1.29 is 81.3 Å². The molecule has 0 radical (unpaired) electrons. The molecule has 1 aromatic rings. The fourth-order valence-corrected chi connectivity index (χ4v) is 10.3. The molecule has 2 aliphatic rings.